The molecule has 2 atom stereocenters. The number of benzene rings is 1. The monoisotopic (exact) mass is 450 g/mol. The number of hydrogen-bond acceptors (Lipinski definition) is 5. The lowest BCUT2D eigenvalue weighted by Crippen LogP contribution is -2.51. The van der Waals surface area contributed by atoms with E-state index in [0.29, 0.717) is 23.1 Å². The number of rotatable bonds is 5. The molecule has 1 amide bonds. The minimum absolute atomic E-state index is 0.0292. The lowest BCUT2D eigenvalue weighted by Gasteiger charge is -2.37. The lowest BCUT2D eigenvalue weighted by atomic mass is 10.1. The van der Waals surface area contributed by atoms with Crippen molar-refractivity contribution in [3.05, 3.63) is 54.3 Å². The molecule has 0 bridgehead atoms. The normalized spacial score (nSPS) is 21.7. The van der Waals surface area contributed by atoms with Crippen LogP contribution in [0.1, 0.15) is 19.3 Å². The molecule has 0 spiro atoms. The number of para-hydroxylation sites is 1. The van der Waals surface area contributed by atoms with E-state index in [1.165, 1.54) is 6.08 Å². The molecule has 1 saturated heterocycles. The number of aromatic nitrogens is 3. The Morgan fingerprint density at radius 2 is 2.03 bits per heavy atom. The lowest BCUT2D eigenvalue weighted by molar-refractivity contribution is -0.128. The zero-order chi connectivity index (χ0) is 22.1. The number of H-pyrrole nitrogens is 1. The molecule has 32 heavy (non-hydrogen) atoms. The zero-order valence-corrected chi connectivity index (χ0v) is 18.7. The Hall–Kier alpha value is -2.90. The van der Waals surface area contributed by atoms with Gasteiger partial charge in [0.05, 0.1) is 16.9 Å². The van der Waals surface area contributed by atoms with Crippen molar-refractivity contribution < 1.29 is 4.79 Å². The van der Waals surface area contributed by atoms with Crippen LogP contribution in [0.5, 0.6) is 0 Å². The molecule has 3 heterocycles. The van der Waals surface area contributed by atoms with E-state index in [1.54, 1.807) is 6.20 Å². The van der Waals surface area contributed by atoms with Gasteiger partial charge in [-0.1, -0.05) is 36.4 Å². The fourth-order valence-corrected chi connectivity index (χ4v) is 5.13. The Bertz CT molecular complexity index is 1140. The first-order chi connectivity index (χ1) is 15.6. The van der Waals surface area contributed by atoms with Gasteiger partial charge in [-0.25, -0.2) is 9.97 Å². The Morgan fingerprint density at radius 3 is 2.84 bits per heavy atom. The van der Waals surface area contributed by atoms with Crippen LogP contribution >= 0.6 is 11.6 Å². The highest BCUT2D eigenvalue weighted by molar-refractivity contribution is 6.33. The van der Waals surface area contributed by atoms with E-state index in [-0.39, 0.29) is 5.91 Å². The first-order valence-corrected chi connectivity index (χ1v) is 11.5. The molecule has 1 aliphatic heterocycles. The summed E-state index contributed by atoms with van der Waals surface area (Å²) >= 11 is 6.47. The molecule has 2 aliphatic rings. The quantitative estimate of drug-likeness (QED) is 0.576. The van der Waals surface area contributed by atoms with Crippen molar-refractivity contribution in [1.29, 1.82) is 0 Å². The number of halogens is 1. The number of nitrogens with zero attached hydrogens (tertiary/aromatic N) is 4. The van der Waals surface area contributed by atoms with E-state index in [4.69, 9.17) is 16.6 Å². The van der Waals surface area contributed by atoms with Crippen molar-refractivity contribution in [2.75, 3.05) is 31.5 Å². The van der Waals surface area contributed by atoms with Crippen molar-refractivity contribution >= 4 is 34.4 Å². The van der Waals surface area contributed by atoms with Gasteiger partial charge in [-0.05, 0) is 31.4 Å². The van der Waals surface area contributed by atoms with Gasteiger partial charge in [-0.3, -0.25) is 9.69 Å². The fraction of sp³-hybridized carbons (Fsp3) is 0.375. The number of nitrogens with one attached hydrogen (secondary N) is 2. The van der Waals surface area contributed by atoms with Gasteiger partial charge in [-0.2, -0.15) is 0 Å². The molecule has 5 rings (SSSR count). The molecule has 2 N–H and O–H groups in total. The van der Waals surface area contributed by atoms with Crippen LogP contribution in [-0.4, -0.2) is 68.9 Å². The van der Waals surface area contributed by atoms with Gasteiger partial charge in [0.2, 0.25) is 11.9 Å². The average molecular weight is 451 g/mol. The SMILES string of the molecule is C=CC(=O)N1CCN([C@H]2CC[C@@H](Nc3ncc(Cl)c(-c4c[nH]c5ccccc45)n3)C2)CC1. The highest BCUT2D eigenvalue weighted by Crippen LogP contribution is 2.33. The van der Waals surface area contributed by atoms with E-state index < -0.39 is 0 Å². The Kier molecular flexibility index (Phi) is 5.85. The molecule has 1 aromatic carbocycles. The summed E-state index contributed by atoms with van der Waals surface area (Å²) in [6, 6.07) is 8.97. The van der Waals surface area contributed by atoms with E-state index in [0.717, 1.165) is 67.6 Å². The Morgan fingerprint density at radius 1 is 1.22 bits per heavy atom. The van der Waals surface area contributed by atoms with Gasteiger partial charge in [0.15, 0.2) is 0 Å². The third-order valence-electron chi connectivity index (χ3n) is 6.64. The van der Waals surface area contributed by atoms with Gasteiger partial charge in [0.25, 0.3) is 0 Å². The summed E-state index contributed by atoms with van der Waals surface area (Å²) in [5, 5.41) is 5.16. The van der Waals surface area contributed by atoms with Crippen LogP contribution in [-0.2, 0) is 4.79 Å². The highest BCUT2D eigenvalue weighted by Gasteiger charge is 2.32. The summed E-state index contributed by atoms with van der Waals surface area (Å²) < 4.78 is 0. The second kappa shape index (κ2) is 8.92. The summed E-state index contributed by atoms with van der Waals surface area (Å²) in [4.78, 5) is 28.7. The molecule has 2 aromatic heterocycles. The zero-order valence-electron chi connectivity index (χ0n) is 17.9. The van der Waals surface area contributed by atoms with Gasteiger partial charge >= 0.3 is 0 Å². The number of piperazine rings is 1. The van der Waals surface area contributed by atoms with Crippen LogP contribution in [0.15, 0.2) is 49.3 Å². The van der Waals surface area contributed by atoms with Crippen LogP contribution in [0.25, 0.3) is 22.2 Å². The maximum atomic E-state index is 11.8. The van der Waals surface area contributed by atoms with Crippen LogP contribution < -0.4 is 5.32 Å². The van der Waals surface area contributed by atoms with Crippen molar-refractivity contribution in [3.63, 3.8) is 0 Å². The van der Waals surface area contributed by atoms with Gasteiger partial charge in [0, 0.05) is 60.9 Å². The van der Waals surface area contributed by atoms with E-state index in [2.05, 4.69) is 32.8 Å². The minimum atomic E-state index is 0.0292. The number of fused-ring (bicyclic) bond motifs is 1. The molecule has 166 valence electrons. The van der Waals surface area contributed by atoms with Gasteiger partial charge in [0.1, 0.15) is 0 Å². The fourth-order valence-electron chi connectivity index (χ4n) is 4.93. The van der Waals surface area contributed by atoms with Crippen molar-refractivity contribution in [2.45, 2.75) is 31.3 Å². The maximum Gasteiger partial charge on any atom is 0.246 e. The third-order valence-corrected chi connectivity index (χ3v) is 6.92. The predicted octanol–water partition coefficient (Wildman–Crippen LogP) is 3.94. The van der Waals surface area contributed by atoms with E-state index >= 15 is 0 Å². The molecule has 3 aromatic rings. The number of anilines is 1. The van der Waals surface area contributed by atoms with E-state index in [1.807, 2.05) is 29.3 Å². The molecule has 1 saturated carbocycles. The van der Waals surface area contributed by atoms with E-state index in [9.17, 15) is 4.79 Å². The first kappa shape index (κ1) is 21.0. The number of hydrogen-bond donors (Lipinski definition) is 2. The van der Waals surface area contributed by atoms with Crippen LogP contribution in [0.4, 0.5) is 5.95 Å². The minimum Gasteiger partial charge on any atom is -0.360 e. The van der Waals surface area contributed by atoms with Crippen LogP contribution in [0.2, 0.25) is 5.02 Å². The van der Waals surface area contributed by atoms with Crippen molar-refractivity contribution in [2.24, 2.45) is 0 Å². The second-order valence-corrected chi connectivity index (χ2v) is 8.92. The van der Waals surface area contributed by atoms with Crippen LogP contribution in [0.3, 0.4) is 0 Å². The van der Waals surface area contributed by atoms with Gasteiger partial charge in [-0.15, -0.1) is 0 Å². The predicted molar refractivity (Wildman–Crippen MR) is 128 cm³/mol. The van der Waals surface area contributed by atoms with Crippen LogP contribution in [0, 0.1) is 0 Å². The Labute approximate surface area is 192 Å². The third kappa shape index (κ3) is 4.10. The summed E-state index contributed by atoms with van der Waals surface area (Å²) in [7, 11) is 0. The Balaban J connectivity index is 1.24. The maximum absolute atomic E-state index is 11.8. The average Bonchev–Trinajstić information content (AvgIpc) is 3.47. The van der Waals surface area contributed by atoms with Crippen molar-refractivity contribution in [1.82, 2.24) is 24.8 Å². The summed E-state index contributed by atoms with van der Waals surface area (Å²) in [5.41, 5.74) is 2.77. The molecule has 0 radical (unpaired) electrons. The highest BCUT2D eigenvalue weighted by atomic mass is 35.5. The smallest absolute Gasteiger partial charge is 0.246 e. The molecule has 7 nitrogen and oxygen atoms in total. The second-order valence-electron chi connectivity index (χ2n) is 8.51. The summed E-state index contributed by atoms with van der Waals surface area (Å²) in [6.07, 6.45) is 8.29. The molecule has 0 unspecified atom stereocenters. The number of carbonyl (C=O) groups excluding carboxylic acids is 1. The number of aromatic amines is 1. The molecular formula is C24H27ClN6O. The first-order valence-electron chi connectivity index (χ1n) is 11.1. The van der Waals surface area contributed by atoms with Crippen molar-refractivity contribution in [3.8, 4) is 11.3 Å². The topological polar surface area (TPSA) is 77.2 Å². The molecular weight excluding hydrogens is 424 g/mol. The summed E-state index contributed by atoms with van der Waals surface area (Å²) in [5.74, 6) is 0.642. The standard InChI is InChI=1S/C24H27ClN6O/c1-2-22(32)31-11-9-30(10-12-31)17-8-7-16(13-17)28-24-27-15-20(25)23(29-24)19-14-26-21-6-4-3-5-18(19)21/h2-6,14-17,26H,1,7-13H2,(H,27,28,29)/t16-,17+/m1/s1. The molecule has 2 fully saturated rings. The van der Waals surface area contributed by atoms with Gasteiger partial charge < -0.3 is 15.2 Å². The number of amides is 1. The molecule has 1 aliphatic carbocycles. The number of carbonyl (C=O) groups is 1. The largest absolute Gasteiger partial charge is 0.360 e. The molecule has 8 heteroatoms. The summed E-state index contributed by atoms with van der Waals surface area (Å²) in [6.45, 7) is 6.96.